The molecule has 70 heavy (non-hydrogen) atoms. The summed E-state index contributed by atoms with van der Waals surface area (Å²) in [5, 5.41) is 35.3. The molecular formula is C54H70N6O10. The average Bonchev–Trinajstić information content (AvgIpc) is 3.35. The smallest absolute Gasteiger partial charge is 0.248 e. The molecule has 0 radical (unpaired) electrons. The highest BCUT2D eigenvalue weighted by Crippen LogP contribution is 2.38. The molecule has 0 saturated carbocycles. The number of carbonyl (C=O) groups is 5. The van der Waals surface area contributed by atoms with Gasteiger partial charge in [-0.05, 0) is 144 Å². The lowest BCUT2D eigenvalue weighted by atomic mass is 9.81. The fourth-order valence-corrected chi connectivity index (χ4v) is 7.89. The number of hydrogen-bond donors (Lipinski definition) is 5. The minimum absolute atomic E-state index is 0.0688. The molecule has 0 unspecified atom stereocenters. The molecule has 376 valence electrons. The summed E-state index contributed by atoms with van der Waals surface area (Å²) < 4.78 is 0. The molecule has 0 aromatic heterocycles. The van der Waals surface area contributed by atoms with Crippen LogP contribution in [-0.4, -0.2) is 138 Å². The maximum atomic E-state index is 12.3. The molecule has 2 aliphatic rings. The largest absolute Gasteiger partial charge is 0.395 e. The van der Waals surface area contributed by atoms with Gasteiger partial charge in [-0.2, -0.15) is 4.99 Å². The van der Waals surface area contributed by atoms with Gasteiger partial charge in [-0.15, -0.1) is 0 Å². The lowest BCUT2D eigenvalue weighted by molar-refractivity contribution is -0.151. The van der Waals surface area contributed by atoms with Crippen LogP contribution in [-0.2, 0) is 48.0 Å². The van der Waals surface area contributed by atoms with Crippen LogP contribution in [0.3, 0.4) is 0 Å². The second kappa shape index (κ2) is 27.9. The van der Waals surface area contributed by atoms with E-state index in [0.717, 1.165) is 66.6 Å². The quantitative estimate of drug-likeness (QED) is 0.0203. The zero-order chi connectivity index (χ0) is 51.3. The van der Waals surface area contributed by atoms with Gasteiger partial charge in [0.15, 0.2) is 0 Å². The summed E-state index contributed by atoms with van der Waals surface area (Å²) in [6.07, 6.45) is 6.46. The molecule has 0 bridgehead atoms. The number of carbonyl (C=O) groups excluding carboxylic acids is 6. The number of isocyanates is 1. The van der Waals surface area contributed by atoms with E-state index in [1.54, 1.807) is 64.1 Å². The van der Waals surface area contributed by atoms with Crippen LogP contribution >= 0.6 is 0 Å². The van der Waals surface area contributed by atoms with Crippen molar-refractivity contribution in [3.05, 3.63) is 125 Å². The number of unbranched alkanes of at least 4 members (excludes halogenated alkanes) is 1. The van der Waals surface area contributed by atoms with Crippen LogP contribution in [0.1, 0.15) is 81.2 Å². The van der Waals surface area contributed by atoms with Crippen molar-refractivity contribution in [3.8, 4) is 0 Å². The molecule has 16 nitrogen and oxygen atoms in total. The van der Waals surface area contributed by atoms with Crippen LogP contribution in [0, 0.1) is 10.8 Å². The first-order valence-corrected chi connectivity index (χ1v) is 23.8. The molecule has 16 heteroatoms. The summed E-state index contributed by atoms with van der Waals surface area (Å²) in [4.78, 5) is 81.0. The Hall–Kier alpha value is -6.07. The van der Waals surface area contributed by atoms with Gasteiger partial charge in [0.25, 0.3) is 0 Å². The SMILES string of the molecule is CC1(C)C(=O)N(c2ccc(Cc3ccc(CC(=O)CCCCN(CCO)CCO)cc3)cc2)C1=O.CC1(C)C(=O)N(c2ccc(Cc3ccc(N=C=O)cc3)cc2)C1=O.NCCCN(CCO)CCO. The number of rotatable bonds is 25. The predicted molar refractivity (Wildman–Crippen MR) is 269 cm³/mol. The van der Waals surface area contributed by atoms with Crippen molar-refractivity contribution in [2.45, 2.75) is 72.6 Å². The molecule has 4 amide bonds. The van der Waals surface area contributed by atoms with E-state index in [9.17, 15) is 28.8 Å². The van der Waals surface area contributed by atoms with Crippen molar-refractivity contribution >= 4 is 52.6 Å². The van der Waals surface area contributed by atoms with Crippen LogP contribution in [0.2, 0.25) is 0 Å². The van der Waals surface area contributed by atoms with E-state index in [-0.39, 0.29) is 55.8 Å². The van der Waals surface area contributed by atoms with E-state index >= 15 is 0 Å². The van der Waals surface area contributed by atoms with Gasteiger partial charge in [0, 0.05) is 39.0 Å². The second-order valence-corrected chi connectivity index (χ2v) is 18.4. The first-order chi connectivity index (χ1) is 33.5. The summed E-state index contributed by atoms with van der Waals surface area (Å²) >= 11 is 0. The lowest BCUT2D eigenvalue weighted by Crippen LogP contribution is -2.63. The van der Waals surface area contributed by atoms with Gasteiger partial charge in [0.05, 0.1) is 43.5 Å². The van der Waals surface area contributed by atoms with Gasteiger partial charge >= 0.3 is 0 Å². The molecule has 4 aromatic carbocycles. The third kappa shape index (κ3) is 16.0. The van der Waals surface area contributed by atoms with Crippen molar-refractivity contribution in [2.24, 2.45) is 21.6 Å². The third-order valence-electron chi connectivity index (χ3n) is 12.2. The summed E-state index contributed by atoms with van der Waals surface area (Å²) in [6.45, 7) is 11.6. The van der Waals surface area contributed by atoms with Gasteiger partial charge in [0.2, 0.25) is 29.7 Å². The van der Waals surface area contributed by atoms with Crippen LogP contribution in [0.15, 0.2) is 102 Å². The van der Waals surface area contributed by atoms with E-state index in [4.69, 9.17) is 26.2 Å². The number of aliphatic hydroxyl groups is 4. The summed E-state index contributed by atoms with van der Waals surface area (Å²) in [7, 11) is 0. The van der Waals surface area contributed by atoms with E-state index in [1.807, 2.05) is 70.5 Å². The van der Waals surface area contributed by atoms with Crippen LogP contribution in [0.4, 0.5) is 17.1 Å². The number of β-lactam (4-membered cyclic amide) rings is 4. The fraction of sp³-hybridized carbons (Fsp3) is 0.444. The number of ketones is 1. The van der Waals surface area contributed by atoms with E-state index < -0.39 is 10.8 Å². The van der Waals surface area contributed by atoms with Crippen LogP contribution in [0.25, 0.3) is 0 Å². The van der Waals surface area contributed by atoms with Crippen molar-refractivity contribution in [1.29, 1.82) is 0 Å². The topological polar surface area (TPSA) is 235 Å². The average molecular weight is 963 g/mol. The van der Waals surface area contributed by atoms with Crippen molar-refractivity contribution in [1.82, 2.24) is 9.80 Å². The Bertz CT molecular complexity index is 2320. The molecule has 2 aliphatic heterocycles. The van der Waals surface area contributed by atoms with Crippen LogP contribution in [0.5, 0.6) is 0 Å². The Kier molecular flexibility index (Phi) is 22.6. The summed E-state index contributed by atoms with van der Waals surface area (Å²) in [5.41, 5.74) is 10.6. The highest BCUT2D eigenvalue weighted by Gasteiger charge is 2.55. The number of benzene rings is 4. The number of nitrogens with zero attached hydrogens (tertiary/aromatic N) is 5. The molecule has 6 rings (SSSR count). The van der Waals surface area contributed by atoms with Gasteiger partial charge in [0.1, 0.15) is 16.6 Å². The molecular weight excluding hydrogens is 893 g/mol. The molecule has 2 fully saturated rings. The van der Waals surface area contributed by atoms with Gasteiger partial charge in [-0.3, -0.25) is 33.8 Å². The number of anilines is 2. The molecule has 0 spiro atoms. The Morgan fingerprint density at radius 1 is 0.529 bits per heavy atom. The van der Waals surface area contributed by atoms with E-state index in [2.05, 4.69) is 4.99 Å². The Balaban J connectivity index is 0.000000262. The maximum absolute atomic E-state index is 12.3. The molecule has 2 heterocycles. The standard InChI is InChI=1S/C28H36N2O5.C19H16N2O3.C7H18N2O2/c1-28(2)26(34)30(27(28)35)24-12-10-22(11-13-24)19-21-6-8-23(9-7-21)20-25(33)5-3-4-14-29(15-17-31)16-18-32;1-19(2)17(23)21(18(19)24)16-9-5-14(6-10-16)11-13-3-7-15(8-4-13)20-12-22;8-2-1-3-9(4-6-10)5-7-11/h6-13,31-32H,3-5,14-20H2,1-2H3;3-10H,11H2,1-2H3;10-11H,1-8H2. The highest BCUT2D eigenvalue weighted by molar-refractivity contribution is 6.36. The van der Waals surface area contributed by atoms with E-state index in [0.29, 0.717) is 69.0 Å². The predicted octanol–water partition coefficient (Wildman–Crippen LogP) is 4.51. The zero-order valence-electron chi connectivity index (χ0n) is 41.0. The van der Waals surface area contributed by atoms with Crippen molar-refractivity contribution < 1.29 is 49.2 Å². The first kappa shape index (κ1) is 56.5. The van der Waals surface area contributed by atoms with Gasteiger partial charge in [-0.1, -0.05) is 60.7 Å². The Morgan fingerprint density at radius 3 is 1.23 bits per heavy atom. The highest BCUT2D eigenvalue weighted by atomic mass is 16.3. The number of aliphatic imine (C=N–C) groups is 1. The second-order valence-electron chi connectivity index (χ2n) is 18.4. The molecule has 6 N–H and O–H groups in total. The number of imide groups is 2. The molecule has 4 aromatic rings. The monoisotopic (exact) mass is 963 g/mol. The summed E-state index contributed by atoms with van der Waals surface area (Å²) in [5.74, 6) is -0.489. The number of Topliss-reactive ketones (excluding diaryl/α,β-unsaturated/α-hetero) is 1. The summed E-state index contributed by atoms with van der Waals surface area (Å²) in [6, 6.07) is 30.2. The number of amides is 4. The Labute approximate surface area is 411 Å². The number of aliphatic hydroxyl groups excluding tert-OH is 4. The number of hydrogen-bond acceptors (Lipinski definition) is 14. The minimum atomic E-state index is -0.927. The number of nitrogens with two attached hydrogens (primary N) is 1. The lowest BCUT2D eigenvalue weighted by Gasteiger charge is -2.41. The molecule has 0 aliphatic carbocycles. The van der Waals surface area contributed by atoms with Crippen molar-refractivity contribution in [2.75, 3.05) is 82.0 Å². The van der Waals surface area contributed by atoms with Crippen molar-refractivity contribution in [3.63, 3.8) is 0 Å². The zero-order valence-corrected chi connectivity index (χ0v) is 41.0. The Morgan fingerprint density at radius 2 is 0.871 bits per heavy atom. The fourth-order valence-electron chi connectivity index (χ4n) is 7.89. The molecule has 0 atom stereocenters. The van der Waals surface area contributed by atoms with Gasteiger partial charge < -0.3 is 26.2 Å². The van der Waals surface area contributed by atoms with Gasteiger partial charge in [-0.25, -0.2) is 14.6 Å². The van der Waals surface area contributed by atoms with E-state index in [1.165, 1.54) is 15.9 Å². The first-order valence-electron chi connectivity index (χ1n) is 23.8. The normalized spacial score (nSPS) is 14.6. The maximum Gasteiger partial charge on any atom is 0.248 e. The third-order valence-corrected chi connectivity index (χ3v) is 12.2. The molecule has 2 saturated heterocycles. The minimum Gasteiger partial charge on any atom is -0.395 e. The van der Waals surface area contributed by atoms with Crippen LogP contribution < -0.4 is 15.5 Å².